The summed E-state index contributed by atoms with van der Waals surface area (Å²) in [5, 5.41) is 1.24. The van der Waals surface area contributed by atoms with Crippen LogP contribution in [0.2, 0.25) is 0 Å². The summed E-state index contributed by atoms with van der Waals surface area (Å²) in [7, 11) is -1.12. The first-order chi connectivity index (χ1) is 6.69. The van der Waals surface area contributed by atoms with E-state index >= 15 is 0 Å². The van der Waals surface area contributed by atoms with Crippen LogP contribution in [0.5, 0.6) is 0 Å². The van der Waals surface area contributed by atoms with Gasteiger partial charge >= 0.3 is 0 Å². The minimum absolute atomic E-state index is 0. The molecule has 17 heavy (non-hydrogen) atoms. The average Bonchev–Trinajstić information content (AvgIpc) is 1.71. The molecule has 0 nitrogen and oxygen atoms in total. The first-order valence-corrected chi connectivity index (χ1v) is 8.44. The second-order valence-corrected chi connectivity index (χ2v) is 14.8. The lowest BCUT2D eigenvalue weighted by atomic mass is 10.2. The number of hydrogen-bond acceptors (Lipinski definition) is 0. The molecule has 0 rings (SSSR count). The van der Waals surface area contributed by atoms with Gasteiger partial charge in [0.25, 0.3) is 0 Å². The molecule has 0 saturated carbocycles. The second kappa shape index (κ2) is 5.49. The third-order valence-electron chi connectivity index (χ3n) is 3.95. The molecule has 0 aromatic carbocycles. The first kappa shape index (κ1) is 20.2. The van der Waals surface area contributed by atoms with Crippen LogP contribution in [-0.2, 0) is 0 Å². The highest BCUT2D eigenvalue weighted by Gasteiger charge is 2.65. The largest absolute Gasteiger partial charge is 1.00 e. The highest BCUT2D eigenvalue weighted by atomic mass is 79.9. The van der Waals surface area contributed by atoms with E-state index in [1.807, 2.05) is 0 Å². The van der Waals surface area contributed by atoms with Crippen molar-refractivity contribution in [1.82, 2.24) is 0 Å². The lowest BCUT2D eigenvalue weighted by molar-refractivity contribution is -0.00000484. The molecule has 0 amide bonds. The Morgan fingerprint density at radius 2 is 0.765 bits per heavy atom. The van der Waals surface area contributed by atoms with E-state index in [-0.39, 0.29) is 17.0 Å². The fourth-order valence-electron chi connectivity index (χ4n) is 5.34. The normalized spacial score (nSPS) is 14.8. The zero-order valence-corrected chi connectivity index (χ0v) is 16.4. The van der Waals surface area contributed by atoms with Crippen LogP contribution in [-0.4, -0.2) is 21.1 Å². The van der Waals surface area contributed by atoms with Gasteiger partial charge in [-0.05, 0) is 76.2 Å². The molecule has 0 saturated heterocycles. The van der Waals surface area contributed by atoms with Crippen molar-refractivity contribution in [2.24, 2.45) is 0 Å². The van der Waals surface area contributed by atoms with E-state index in [0.29, 0.717) is 15.5 Å². The monoisotopic (exact) mass is 324 g/mol. The second-order valence-electron chi connectivity index (χ2n) is 8.33. The maximum absolute atomic E-state index is 2.46. The Labute approximate surface area is 121 Å². The van der Waals surface area contributed by atoms with Crippen molar-refractivity contribution >= 4 is 7.26 Å². The van der Waals surface area contributed by atoms with Crippen molar-refractivity contribution in [3.63, 3.8) is 0 Å². The fraction of sp³-hybridized carbons (Fsp3) is 1.00. The lowest BCUT2D eigenvalue weighted by Gasteiger charge is -2.56. The predicted octanol–water partition coefficient (Wildman–Crippen LogP) is 2.81. The van der Waals surface area contributed by atoms with Crippen LogP contribution in [0.1, 0.15) is 76.2 Å². The van der Waals surface area contributed by atoms with Gasteiger partial charge in [0, 0.05) is 7.26 Å². The van der Waals surface area contributed by atoms with E-state index in [1.165, 1.54) is 0 Å². The third kappa shape index (κ3) is 3.27. The molecule has 0 aromatic rings. The highest BCUT2D eigenvalue weighted by molar-refractivity contribution is 7.80. The molecule has 0 aliphatic carbocycles. The van der Waals surface area contributed by atoms with Gasteiger partial charge in [0.05, 0.1) is 21.1 Å². The van der Waals surface area contributed by atoms with Crippen LogP contribution < -0.4 is 17.0 Å². The Morgan fingerprint density at radius 3 is 0.765 bits per heavy atom. The highest BCUT2D eigenvalue weighted by Crippen LogP contribution is 2.85. The maximum Gasteiger partial charge on any atom is 0.0728 e. The predicted molar refractivity (Wildman–Crippen MR) is 81.3 cm³/mol. The van der Waals surface area contributed by atoms with E-state index in [4.69, 9.17) is 0 Å². The van der Waals surface area contributed by atoms with Crippen LogP contribution >= 0.6 is 7.26 Å². The topological polar surface area (TPSA) is 0 Å². The van der Waals surface area contributed by atoms with E-state index in [9.17, 15) is 0 Å². The standard InChI is InChI=1S/C15H34P.BrH/c1-12(2)16(13(3,4)5,14(6,7)8)15(9,10)11;/h12H,1-11H3;1H/q+1;/p-1. The summed E-state index contributed by atoms with van der Waals surface area (Å²) in [5.74, 6) is 0. The minimum Gasteiger partial charge on any atom is -1.00 e. The van der Waals surface area contributed by atoms with Crippen molar-refractivity contribution < 1.29 is 17.0 Å². The summed E-state index contributed by atoms with van der Waals surface area (Å²) in [4.78, 5) is 0. The zero-order valence-electron chi connectivity index (χ0n) is 13.9. The van der Waals surface area contributed by atoms with E-state index in [0.717, 1.165) is 5.66 Å². The van der Waals surface area contributed by atoms with Crippen molar-refractivity contribution in [3.05, 3.63) is 0 Å². The molecule has 0 N–H and O–H groups in total. The van der Waals surface area contributed by atoms with Gasteiger partial charge in [0.2, 0.25) is 0 Å². The molecule has 2 heteroatoms. The molecule has 0 spiro atoms. The average molecular weight is 325 g/mol. The third-order valence-corrected chi connectivity index (χ3v) is 11.8. The van der Waals surface area contributed by atoms with Crippen LogP contribution in [0, 0.1) is 0 Å². The van der Waals surface area contributed by atoms with E-state index in [2.05, 4.69) is 76.2 Å². The number of hydrogen-bond donors (Lipinski definition) is 0. The summed E-state index contributed by atoms with van der Waals surface area (Å²) < 4.78 is 0. The Kier molecular flexibility index (Phi) is 6.54. The minimum atomic E-state index is -1.12. The van der Waals surface area contributed by atoms with E-state index in [1.54, 1.807) is 0 Å². The van der Waals surface area contributed by atoms with Gasteiger partial charge in [0.1, 0.15) is 0 Å². The van der Waals surface area contributed by atoms with E-state index < -0.39 is 7.26 Å². The Morgan fingerprint density at radius 1 is 0.588 bits per heavy atom. The van der Waals surface area contributed by atoms with Crippen LogP contribution in [0.25, 0.3) is 0 Å². The van der Waals surface area contributed by atoms with Gasteiger partial charge in [-0.15, -0.1) is 0 Å². The molecule has 0 heterocycles. The summed E-state index contributed by atoms with van der Waals surface area (Å²) >= 11 is 0. The summed E-state index contributed by atoms with van der Waals surface area (Å²) in [5.41, 5.74) is 0.785. The summed E-state index contributed by atoms with van der Waals surface area (Å²) in [6, 6.07) is 0. The molecule has 0 atom stereocenters. The first-order valence-electron chi connectivity index (χ1n) is 6.58. The van der Waals surface area contributed by atoms with Crippen LogP contribution in [0.4, 0.5) is 0 Å². The van der Waals surface area contributed by atoms with Gasteiger partial charge in [-0.1, -0.05) is 0 Å². The van der Waals surface area contributed by atoms with Gasteiger partial charge in [0.15, 0.2) is 0 Å². The maximum atomic E-state index is 2.46. The molecule has 0 unspecified atom stereocenters. The Hall–Kier alpha value is 0.910. The summed E-state index contributed by atoms with van der Waals surface area (Å²) in [6.07, 6.45) is 0. The summed E-state index contributed by atoms with van der Waals surface area (Å²) in [6.45, 7) is 27.0. The molecular weight excluding hydrogens is 291 g/mol. The molecule has 0 bridgehead atoms. The van der Waals surface area contributed by atoms with Crippen molar-refractivity contribution in [1.29, 1.82) is 0 Å². The molecule has 0 radical (unpaired) electrons. The van der Waals surface area contributed by atoms with Gasteiger partial charge in [-0.3, -0.25) is 0 Å². The quantitative estimate of drug-likeness (QED) is 0.651. The number of rotatable bonds is 1. The molecule has 106 valence electrons. The van der Waals surface area contributed by atoms with Crippen molar-refractivity contribution in [2.45, 2.75) is 97.3 Å². The fourth-order valence-corrected chi connectivity index (χ4v) is 16.0. The molecule has 0 aliphatic rings. The molecule has 0 fully saturated rings. The SMILES string of the molecule is CC(C)[P+](C(C)(C)C)(C(C)(C)C)C(C)(C)C.[Br-]. The van der Waals surface area contributed by atoms with Crippen molar-refractivity contribution in [2.75, 3.05) is 0 Å². The van der Waals surface area contributed by atoms with Crippen LogP contribution in [0.3, 0.4) is 0 Å². The van der Waals surface area contributed by atoms with Crippen LogP contribution in [0.15, 0.2) is 0 Å². The smallest absolute Gasteiger partial charge is 0.0728 e. The lowest BCUT2D eigenvalue weighted by Crippen LogP contribution is -3.00. The zero-order chi connectivity index (χ0) is 13.6. The Bertz CT molecular complexity index is 199. The van der Waals surface area contributed by atoms with Gasteiger partial charge < -0.3 is 17.0 Å². The number of halogens is 1. The van der Waals surface area contributed by atoms with Gasteiger partial charge in [-0.2, -0.15) is 0 Å². The molecule has 0 aliphatic heterocycles. The molecule has 0 aromatic heterocycles. The Balaban J connectivity index is 0. The van der Waals surface area contributed by atoms with Gasteiger partial charge in [-0.25, -0.2) is 0 Å². The van der Waals surface area contributed by atoms with Crippen molar-refractivity contribution in [3.8, 4) is 0 Å². The molecular formula is C15H34BrP.